The lowest BCUT2D eigenvalue weighted by Crippen LogP contribution is -1.85. The molecule has 2 aromatic rings. The van der Waals surface area contributed by atoms with Crippen LogP contribution in [0.25, 0.3) is 12.2 Å². The van der Waals surface area contributed by atoms with Crippen molar-refractivity contribution in [1.82, 2.24) is 0 Å². The molecule has 1 nitrogen and oxygen atoms in total. The van der Waals surface area contributed by atoms with Gasteiger partial charge in [-0.2, -0.15) is 5.26 Å². The summed E-state index contributed by atoms with van der Waals surface area (Å²) in [5.74, 6) is 0. The molecule has 2 aromatic carbocycles. The second kappa shape index (κ2) is 5.84. The normalized spacial score (nSPS) is 10.4. The highest BCUT2D eigenvalue weighted by Crippen LogP contribution is 2.14. The van der Waals surface area contributed by atoms with Crippen molar-refractivity contribution in [3.8, 4) is 6.07 Å². The van der Waals surface area contributed by atoms with Crippen LogP contribution in [0.1, 0.15) is 22.3 Å². The van der Waals surface area contributed by atoms with Crippen molar-refractivity contribution in [3.05, 3.63) is 70.8 Å². The fourth-order valence-electron chi connectivity index (χ4n) is 1.81. The molecule has 0 saturated heterocycles. The number of benzene rings is 2. The molecule has 18 heavy (non-hydrogen) atoms. The maximum absolute atomic E-state index is 8.79. The van der Waals surface area contributed by atoms with Crippen LogP contribution in [0, 0.1) is 18.3 Å². The summed E-state index contributed by atoms with van der Waals surface area (Å²) in [4.78, 5) is 0. The molecule has 0 unspecified atom stereocenters. The minimum Gasteiger partial charge on any atom is -0.198 e. The Bertz CT molecular complexity index is 586. The number of nitrogens with zero attached hydrogens (tertiary/aromatic N) is 1. The summed E-state index contributed by atoms with van der Waals surface area (Å²) in [6, 6.07) is 18.6. The molecule has 0 N–H and O–H groups in total. The molecule has 0 aromatic heterocycles. The van der Waals surface area contributed by atoms with Gasteiger partial charge in [-0.1, -0.05) is 66.2 Å². The predicted molar refractivity (Wildman–Crippen MR) is 75.9 cm³/mol. The molecule has 0 saturated carbocycles. The van der Waals surface area contributed by atoms with Gasteiger partial charge in [-0.05, 0) is 23.6 Å². The second-order valence-electron chi connectivity index (χ2n) is 4.28. The lowest BCUT2D eigenvalue weighted by atomic mass is 10.0. The Labute approximate surface area is 108 Å². The molecule has 0 aliphatic rings. The average molecular weight is 233 g/mol. The van der Waals surface area contributed by atoms with Gasteiger partial charge >= 0.3 is 0 Å². The van der Waals surface area contributed by atoms with Crippen molar-refractivity contribution in [2.75, 3.05) is 0 Å². The Morgan fingerprint density at radius 3 is 2.44 bits per heavy atom. The highest BCUT2D eigenvalue weighted by molar-refractivity contribution is 5.71. The van der Waals surface area contributed by atoms with E-state index in [1.807, 2.05) is 24.3 Å². The zero-order valence-electron chi connectivity index (χ0n) is 10.4. The van der Waals surface area contributed by atoms with Gasteiger partial charge in [-0.15, -0.1) is 0 Å². The van der Waals surface area contributed by atoms with Crippen molar-refractivity contribution in [2.45, 2.75) is 13.3 Å². The molecule has 0 fully saturated rings. The maximum atomic E-state index is 8.79. The molecule has 88 valence electrons. The Kier molecular flexibility index (Phi) is 3.94. The Balaban J connectivity index is 2.23. The molecule has 2 rings (SSSR count). The van der Waals surface area contributed by atoms with Crippen LogP contribution in [-0.4, -0.2) is 0 Å². The van der Waals surface area contributed by atoms with Gasteiger partial charge in [0.15, 0.2) is 0 Å². The smallest absolute Gasteiger partial charge is 0.0669 e. The van der Waals surface area contributed by atoms with Crippen molar-refractivity contribution in [2.24, 2.45) is 0 Å². The SMILES string of the molecule is Cc1ccc(/C=C/c2ccccc2CC#N)cc1. The highest BCUT2D eigenvalue weighted by Gasteiger charge is 1.97. The van der Waals surface area contributed by atoms with Crippen LogP contribution in [0.5, 0.6) is 0 Å². The summed E-state index contributed by atoms with van der Waals surface area (Å²) in [6.45, 7) is 2.08. The lowest BCUT2D eigenvalue weighted by Gasteiger charge is -2.01. The molecule has 0 spiro atoms. The summed E-state index contributed by atoms with van der Waals surface area (Å²) < 4.78 is 0. The van der Waals surface area contributed by atoms with Crippen LogP contribution in [0.3, 0.4) is 0 Å². The number of hydrogen-bond donors (Lipinski definition) is 0. The Morgan fingerprint density at radius 2 is 1.72 bits per heavy atom. The van der Waals surface area contributed by atoms with Gasteiger partial charge in [0.05, 0.1) is 12.5 Å². The van der Waals surface area contributed by atoms with E-state index in [1.54, 1.807) is 0 Å². The third-order valence-electron chi connectivity index (χ3n) is 2.86. The van der Waals surface area contributed by atoms with Gasteiger partial charge in [0.1, 0.15) is 0 Å². The van der Waals surface area contributed by atoms with E-state index in [1.165, 1.54) is 11.1 Å². The van der Waals surface area contributed by atoms with Crippen molar-refractivity contribution < 1.29 is 0 Å². The van der Waals surface area contributed by atoms with E-state index in [0.717, 1.165) is 11.1 Å². The second-order valence-corrected chi connectivity index (χ2v) is 4.28. The van der Waals surface area contributed by atoms with E-state index < -0.39 is 0 Å². The average Bonchev–Trinajstić information content (AvgIpc) is 2.40. The van der Waals surface area contributed by atoms with E-state index in [9.17, 15) is 0 Å². The van der Waals surface area contributed by atoms with E-state index in [-0.39, 0.29) is 0 Å². The molecule has 0 aliphatic carbocycles. The fraction of sp³-hybridized carbons (Fsp3) is 0.118. The minimum atomic E-state index is 0.453. The number of nitriles is 1. The van der Waals surface area contributed by atoms with Crippen molar-refractivity contribution >= 4 is 12.2 Å². The zero-order valence-corrected chi connectivity index (χ0v) is 10.4. The van der Waals surface area contributed by atoms with Gasteiger partial charge in [0.2, 0.25) is 0 Å². The molecule has 0 radical (unpaired) electrons. The predicted octanol–water partition coefficient (Wildman–Crippen LogP) is 4.23. The van der Waals surface area contributed by atoms with Gasteiger partial charge in [-0.25, -0.2) is 0 Å². The van der Waals surface area contributed by atoms with Gasteiger partial charge < -0.3 is 0 Å². The van der Waals surface area contributed by atoms with Crippen LogP contribution in [0.15, 0.2) is 48.5 Å². The summed E-state index contributed by atoms with van der Waals surface area (Å²) in [5, 5.41) is 8.79. The molecule has 1 heteroatoms. The molecule has 0 heterocycles. The highest BCUT2D eigenvalue weighted by atomic mass is 14.2. The summed E-state index contributed by atoms with van der Waals surface area (Å²) in [7, 11) is 0. The number of rotatable bonds is 3. The first-order valence-corrected chi connectivity index (χ1v) is 5.99. The van der Waals surface area contributed by atoms with Crippen LogP contribution < -0.4 is 0 Å². The summed E-state index contributed by atoms with van der Waals surface area (Å²) in [6.07, 6.45) is 4.60. The van der Waals surface area contributed by atoms with Crippen molar-refractivity contribution in [3.63, 3.8) is 0 Å². The van der Waals surface area contributed by atoms with E-state index in [4.69, 9.17) is 5.26 Å². The molecular weight excluding hydrogens is 218 g/mol. The fourth-order valence-corrected chi connectivity index (χ4v) is 1.81. The molecule has 0 amide bonds. The Morgan fingerprint density at radius 1 is 1.00 bits per heavy atom. The number of aryl methyl sites for hydroxylation is 1. The van der Waals surface area contributed by atoms with E-state index in [0.29, 0.717) is 6.42 Å². The molecule has 0 bridgehead atoms. The largest absolute Gasteiger partial charge is 0.198 e. The van der Waals surface area contributed by atoms with E-state index in [2.05, 4.69) is 49.4 Å². The van der Waals surface area contributed by atoms with Crippen molar-refractivity contribution in [1.29, 1.82) is 5.26 Å². The van der Waals surface area contributed by atoms with Gasteiger partial charge in [0.25, 0.3) is 0 Å². The maximum Gasteiger partial charge on any atom is 0.0669 e. The molecule has 0 atom stereocenters. The molecular formula is C17H15N. The summed E-state index contributed by atoms with van der Waals surface area (Å²) >= 11 is 0. The third-order valence-corrected chi connectivity index (χ3v) is 2.86. The zero-order chi connectivity index (χ0) is 12.8. The third kappa shape index (κ3) is 3.09. The first-order chi connectivity index (χ1) is 8.79. The quantitative estimate of drug-likeness (QED) is 0.728. The Hall–Kier alpha value is -2.33. The minimum absolute atomic E-state index is 0.453. The van der Waals surface area contributed by atoms with E-state index >= 15 is 0 Å². The monoisotopic (exact) mass is 233 g/mol. The van der Waals surface area contributed by atoms with Crippen LogP contribution >= 0.6 is 0 Å². The van der Waals surface area contributed by atoms with Crippen LogP contribution in [0.2, 0.25) is 0 Å². The first-order valence-electron chi connectivity index (χ1n) is 5.99. The number of hydrogen-bond acceptors (Lipinski definition) is 1. The molecule has 0 aliphatic heterocycles. The standard InChI is InChI=1S/C17H15N/c1-14-6-8-15(9-7-14)10-11-16-4-2-3-5-17(16)12-13-18/h2-11H,12H2,1H3/b11-10+. The summed E-state index contributed by atoms with van der Waals surface area (Å²) in [5.41, 5.74) is 4.62. The van der Waals surface area contributed by atoms with Gasteiger partial charge in [-0.3, -0.25) is 0 Å². The first kappa shape index (κ1) is 12.1. The van der Waals surface area contributed by atoms with Gasteiger partial charge in [0, 0.05) is 0 Å². The van der Waals surface area contributed by atoms with Crippen LogP contribution in [-0.2, 0) is 6.42 Å². The topological polar surface area (TPSA) is 23.8 Å². The van der Waals surface area contributed by atoms with Crippen LogP contribution in [0.4, 0.5) is 0 Å². The lowest BCUT2D eigenvalue weighted by molar-refractivity contribution is 1.25.